The first-order valence-electron chi connectivity index (χ1n) is 10.4. The minimum absolute atomic E-state index is 0.0395. The summed E-state index contributed by atoms with van der Waals surface area (Å²) in [5, 5.41) is 2.47. The molecule has 0 radical (unpaired) electrons. The third-order valence-corrected chi connectivity index (χ3v) is 5.54. The molecular weight excluding hydrogens is 467 g/mol. The van der Waals surface area contributed by atoms with E-state index < -0.39 is 29.6 Å². The van der Waals surface area contributed by atoms with Crippen LogP contribution >= 0.6 is 0 Å². The number of aryl methyl sites for hydroxylation is 1. The number of furan rings is 1. The van der Waals surface area contributed by atoms with Crippen molar-refractivity contribution in [3.05, 3.63) is 82.2 Å². The number of carbonyl (C=O) groups is 3. The number of ether oxygens (including phenoxy) is 1. The maximum absolute atomic E-state index is 13.6. The number of esters is 1. The van der Waals surface area contributed by atoms with Gasteiger partial charge < -0.3 is 19.0 Å². The van der Waals surface area contributed by atoms with Crippen LogP contribution in [0.25, 0.3) is 11.8 Å². The van der Waals surface area contributed by atoms with Crippen molar-refractivity contribution in [1.82, 2.24) is 14.8 Å². The fourth-order valence-electron chi connectivity index (χ4n) is 3.91. The van der Waals surface area contributed by atoms with Crippen LogP contribution < -0.4 is 5.32 Å². The molecule has 35 heavy (non-hydrogen) atoms. The first kappa shape index (κ1) is 23.9. The van der Waals surface area contributed by atoms with Crippen molar-refractivity contribution in [3.63, 3.8) is 0 Å². The zero-order valence-electron chi connectivity index (χ0n) is 18.9. The summed E-state index contributed by atoms with van der Waals surface area (Å²) in [7, 11) is 1.19. The normalized spacial score (nSPS) is 15.1. The highest BCUT2D eigenvalue weighted by Gasteiger charge is 2.36. The summed E-state index contributed by atoms with van der Waals surface area (Å²) in [5.41, 5.74) is 0.575. The zero-order chi connectivity index (χ0) is 25.5. The number of urea groups is 1. The number of halogens is 3. The molecule has 0 aliphatic carbocycles. The lowest BCUT2D eigenvalue weighted by Crippen LogP contribution is -2.30. The van der Waals surface area contributed by atoms with Gasteiger partial charge in [0, 0.05) is 11.4 Å². The Kier molecular flexibility index (Phi) is 6.01. The molecule has 3 aromatic rings. The summed E-state index contributed by atoms with van der Waals surface area (Å²) < 4.78 is 52.0. The van der Waals surface area contributed by atoms with Gasteiger partial charge in [-0.2, -0.15) is 13.2 Å². The molecule has 0 atom stereocenters. The van der Waals surface area contributed by atoms with Crippen molar-refractivity contribution < 1.29 is 36.7 Å². The second-order valence-electron chi connectivity index (χ2n) is 7.81. The number of benzene rings is 1. The topological polar surface area (TPSA) is 93.8 Å². The number of aromatic nitrogens is 1. The molecule has 11 heteroatoms. The van der Waals surface area contributed by atoms with Gasteiger partial charge in [-0.3, -0.25) is 9.69 Å². The molecule has 0 bridgehead atoms. The van der Waals surface area contributed by atoms with E-state index in [1.54, 1.807) is 19.9 Å². The van der Waals surface area contributed by atoms with Gasteiger partial charge in [0.2, 0.25) is 5.76 Å². The third kappa shape index (κ3) is 4.44. The maximum atomic E-state index is 13.6. The molecule has 0 unspecified atom stereocenters. The van der Waals surface area contributed by atoms with Crippen molar-refractivity contribution in [2.45, 2.75) is 26.6 Å². The van der Waals surface area contributed by atoms with Gasteiger partial charge in [0.15, 0.2) is 0 Å². The number of para-hydroxylation sites is 1. The van der Waals surface area contributed by atoms with E-state index >= 15 is 0 Å². The quantitative estimate of drug-likeness (QED) is 0.323. The van der Waals surface area contributed by atoms with Crippen LogP contribution in [0, 0.1) is 13.8 Å². The standard InChI is InChI=1S/C24H20F3N3O5/c1-13-10-15(14(2)30(13)19-7-5-4-6-17(19)24(25,26)27)11-18-21(31)29(23(33)28-18)12-16-8-9-20(35-16)22(32)34-3/h4-11H,12H2,1-3H3,(H,28,33)/b18-11-. The molecule has 1 aliphatic rings. The molecule has 4 rings (SSSR count). The Hall–Kier alpha value is -4.28. The number of hydrogen-bond donors (Lipinski definition) is 1. The van der Waals surface area contributed by atoms with Crippen molar-refractivity contribution in [1.29, 1.82) is 0 Å². The average Bonchev–Trinajstić information content (AvgIpc) is 3.46. The van der Waals surface area contributed by atoms with Crippen LogP contribution in [0.1, 0.15) is 38.8 Å². The number of nitrogens with one attached hydrogen (secondary N) is 1. The molecule has 1 fully saturated rings. The maximum Gasteiger partial charge on any atom is 0.418 e. The smallest absolute Gasteiger partial charge is 0.418 e. The largest absolute Gasteiger partial charge is 0.463 e. The van der Waals surface area contributed by atoms with Gasteiger partial charge in [0.25, 0.3) is 5.91 Å². The zero-order valence-corrected chi connectivity index (χ0v) is 18.9. The van der Waals surface area contributed by atoms with E-state index in [4.69, 9.17) is 4.42 Å². The van der Waals surface area contributed by atoms with E-state index in [1.165, 1.54) is 48.1 Å². The first-order valence-corrected chi connectivity index (χ1v) is 10.4. The van der Waals surface area contributed by atoms with E-state index in [1.807, 2.05) is 0 Å². The summed E-state index contributed by atoms with van der Waals surface area (Å²) in [4.78, 5) is 37.7. The highest BCUT2D eigenvalue weighted by atomic mass is 19.4. The average molecular weight is 487 g/mol. The van der Waals surface area contributed by atoms with E-state index in [0.717, 1.165) is 11.0 Å². The SMILES string of the molecule is COC(=O)c1ccc(CN2C(=O)N/C(=C\c3cc(C)n(-c4ccccc4C(F)(F)F)c3C)C2=O)o1. The Balaban J connectivity index is 1.63. The number of alkyl halides is 3. The molecule has 1 N–H and O–H groups in total. The lowest BCUT2D eigenvalue weighted by atomic mass is 10.1. The van der Waals surface area contributed by atoms with Gasteiger partial charge >= 0.3 is 18.2 Å². The van der Waals surface area contributed by atoms with E-state index in [-0.39, 0.29) is 29.4 Å². The molecule has 8 nitrogen and oxygen atoms in total. The van der Waals surface area contributed by atoms with E-state index in [2.05, 4.69) is 10.1 Å². The van der Waals surface area contributed by atoms with Crippen LogP contribution in [0.15, 0.2) is 52.6 Å². The number of methoxy groups -OCH3 is 1. The molecule has 0 saturated carbocycles. The van der Waals surface area contributed by atoms with Gasteiger partial charge in [0.1, 0.15) is 11.5 Å². The van der Waals surface area contributed by atoms with Gasteiger partial charge in [0.05, 0.1) is 24.9 Å². The number of imide groups is 1. The molecule has 1 saturated heterocycles. The number of carbonyl (C=O) groups excluding carboxylic acids is 3. The van der Waals surface area contributed by atoms with Crippen molar-refractivity contribution in [2.24, 2.45) is 0 Å². The summed E-state index contributed by atoms with van der Waals surface area (Å²) in [6.45, 7) is 3.05. The van der Waals surface area contributed by atoms with Gasteiger partial charge in [-0.05, 0) is 55.8 Å². The van der Waals surface area contributed by atoms with Gasteiger partial charge in [-0.1, -0.05) is 12.1 Å². The monoisotopic (exact) mass is 487 g/mol. The minimum atomic E-state index is -4.55. The Labute approximate surface area is 197 Å². The second-order valence-corrected chi connectivity index (χ2v) is 7.81. The van der Waals surface area contributed by atoms with Crippen LogP contribution in [-0.2, 0) is 22.3 Å². The highest BCUT2D eigenvalue weighted by Crippen LogP contribution is 2.35. The summed E-state index contributed by atoms with van der Waals surface area (Å²) in [5.74, 6) is -1.23. The van der Waals surface area contributed by atoms with Crippen LogP contribution in [0.5, 0.6) is 0 Å². The van der Waals surface area contributed by atoms with E-state index in [0.29, 0.717) is 17.0 Å². The molecule has 2 aromatic heterocycles. The van der Waals surface area contributed by atoms with E-state index in [9.17, 15) is 27.6 Å². The van der Waals surface area contributed by atoms with Gasteiger partial charge in [-0.25, -0.2) is 9.59 Å². The molecular formula is C24H20F3N3O5. The Morgan fingerprint density at radius 3 is 2.54 bits per heavy atom. The molecule has 182 valence electrons. The van der Waals surface area contributed by atoms with Crippen molar-refractivity contribution >= 4 is 24.0 Å². The number of hydrogen-bond acceptors (Lipinski definition) is 5. The lowest BCUT2D eigenvalue weighted by molar-refractivity contribution is -0.137. The molecule has 1 aliphatic heterocycles. The molecule has 3 amide bonds. The fourth-order valence-corrected chi connectivity index (χ4v) is 3.91. The number of nitrogens with zero attached hydrogens (tertiary/aromatic N) is 2. The summed E-state index contributed by atoms with van der Waals surface area (Å²) in [6.07, 6.45) is -3.13. The van der Waals surface area contributed by atoms with Gasteiger partial charge in [-0.15, -0.1) is 0 Å². The molecule has 1 aromatic carbocycles. The molecule has 3 heterocycles. The first-order chi connectivity index (χ1) is 16.5. The lowest BCUT2D eigenvalue weighted by Gasteiger charge is -2.16. The second kappa shape index (κ2) is 8.82. The predicted molar refractivity (Wildman–Crippen MR) is 117 cm³/mol. The summed E-state index contributed by atoms with van der Waals surface area (Å²) in [6, 6.07) is 8.95. The highest BCUT2D eigenvalue weighted by molar-refractivity contribution is 6.13. The third-order valence-electron chi connectivity index (χ3n) is 5.54. The van der Waals surface area contributed by atoms with Crippen LogP contribution in [-0.4, -0.2) is 34.5 Å². The molecule has 0 spiro atoms. The van der Waals surface area contributed by atoms with Crippen molar-refractivity contribution in [3.8, 4) is 5.69 Å². The Morgan fingerprint density at radius 1 is 1.14 bits per heavy atom. The predicted octanol–water partition coefficient (Wildman–Crippen LogP) is 4.59. The fraction of sp³-hybridized carbons (Fsp3) is 0.208. The number of rotatable bonds is 5. The Bertz CT molecular complexity index is 1370. The van der Waals surface area contributed by atoms with Crippen LogP contribution in [0.3, 0.4) is 0 Å². The number of amides is 3. The summed E-state index contributed by atoms with van der Waals surface area (Å²) >= 11 is 0. The van der Waals surface area contributed by atoms with Crippen molar-refractivity contribution in [2.75, 3.05) is 7.11 Å². The van der Waals surface area contributed by atoms with Crippen LogP contribution in [0.2, 0.25) is 0 Å². The Morgan fingerprint density at radius 2 is 1.86 bits per heavy atom. The van der Waals surface area contributed by atoms with Crippen LogP contribution in [0.4, 0.5) is 18.0 Å². The minimum Gasteiger partial charge on any atom is -0.463 e.